The van der Waals surface area contributed by atoms with E-state index in [-0.39, 0.29) is 6.04 Å². The number of rotatable bonds is 10. The Kier molecular flexibility index (Phi) is 8.90. The van der Waals surface area contributed by atoms with Crippen LogP contribution in [0.25, 0.3) is 0 Å². The van der Waals surface area contributed by atoms with Crippen molar-refractivity contribution in [1.29, 1.82) is 0 Å². The van der Waals surface area contributed by atoms with Crippen LogP contribution in [-0.4, -0.2) is 7.11 Å². The maximum atomic E-state index is 5.72. The van der Waals surface area contributed by atoms with Crippen molar-refractivity contribution in [3.05, 3.63) is 28.2 Å². The first kappa shape index (κ1) is 17.5. The van der Waals surface area contributed by atoms with Gasteiger partial charge in [-0.25, -0.2) is 0 Å². The minimum atomic E-state index is 0.147. The molecule has 1 aromatic carbocycles. The predicted octanol–water partition coefficient (Wildman–Crippen LogP) is 4.71. The fraction of sp³-hybridized carbons (Fsp3) is 0.625. The van der Waals surface area contributed by atoms with E-state index in [9.17, 15) is 0 Å². The van der Waals surface area contributed by atoms with Crippen LogP contribution in [0.15, 0.2) is 22.7 Å². The van der Waals surface area contributed by atoms with E-state index >= 15 is 0 Å². The summed E-state index contributed by atoms with van der Waals surface area (Å²) in [7, 11) is 1.70. The summed E-state index contributed by atoms with van der Waals surface area (Å²) in [5, 5.41) is 0. The topological polar surface area (TPSA) is 47.3 Å². The van der Waals surface area contributed by atoms with Crippen LogP contribution in [0.1, 0.15) is 63.5 Å². The zero-order chi connectivity index (χ0) is 14.8. The monoisotopic (exact) mass is 342 g/mol. The Balaban J connectivity index is 2.51. The van der Waals surface area contributed by atoms with Gasteiger partial charge in [0.1, 0.15) is 5.75 Å². The second kappa shape index (κ2) is 10.2. The minimum absolute atomic E-state index is 0.147. The summed E-state index contributed by atoms with van der Waals surface area (Å²) in [6, 6.07) is 6.19. The largest absolute Gasteiger partial charge is 0.496 e. The van der Waals surface area contributed by atoms with E-state index in [4.69, 9.17) is 10.6 Å². The highest BCUT2D eigenvalue weighted by atomic mass is 79.9. The van der Waals surface area contributed by atoms with Crippen molar-refractivity contribution in [3.63, 3.8) is 0 Å². The van der Waals surface area contributed by atoms with Crippen molar-refractivity contribution in [3.8, 4) is 5.75 Å². The molecule has 1 unspecified atom stereocenters. The van der Waals surface area contributed by atoms with E-state index < -0.39 is 0 Å². The van der Waals surface area contributed by atoms with E-state index in [1.54, 1.807) is 7.11 Å². The second-order valence-electron chi connectivity index (χ2n) is 5.16. The Labute approximate surface area is 131 Å². The van der Waals surface area contributed by atoms with Crippen LogP contribution in [0.2, 0.25) is 0 Å². The van der Waals surface area contributed by atoms with Crippen LogP contribution >= 0.6 is 15.9 Å². The van der Waals surface area contributed by atoms with Gasteiger partial charge >= 0.3 is 0 Å². The highest BCUT2D eigenvalue weighted by Gasteiger charge is 2.14. The number of halogens is 1. The molecule has 0 aliphatic rings. The SMILES string of the molecule is CCCCCCCCC(NN)c1cc(Br)ccc1OC. The van der Waals surface area contributed by atoms with E-state index in [1.165, 1.54) is 38.5 Å². The standard InChI is InChI=1S/C16H27BrN2O/c1-3-4-5-6-7-8-9-15(19-18)14-12-13(17)10-11-16(14)20-2/h10-12,15,19H,3-9,18H2,1-2H3. The van der Waals surface area contributed by atoms with Crippen molar-refractivity contribution < 1.29 is 4.74 Å². The van der Waals surface area contributed by atoms with Gasteiger partial charge in [0.25, 0.3) is 0 Å². The lowest BCUT2D eigenvalue weighted by Gasteiger charge is -2.19. The predicted molar refractivity (Wildman–Crippen MR) is 88.8 cm³/mol. The number of nitrogens with one attached hydrogen (secondary N) is 1. The first-order valence-corrected chi connectivity index (χ1v) is 8.31. The lowest BCUT2D eigenvalue weighted by atomic mass is 9.99. The maximum absolute atomic E-state index is 5.72. The summed E-state index contributed by atoms with van der Waals surface area (Å²) in [5.41, 5.74) is 4.04. The molecule has 0 aliphatic heterocycles. The van der Waals surface area contributed by atoms with Gasteiger partial charge in [0.15, 0.2) is 0 Å². The summed E-state index contributed by atoms with van der Waals surface area (Å²) >= 11 is 3.51. The Hall–Kier alpha value is -0.580. The maximum Gasteiger partial charge on any atom is 0.123 e. The average Bonchev–Trinajstić information content (AvgIpc) is 2.46. The first-order valence-electron chi connectivity index (χ1n) is 7.52. The molecular formula is C16H27BrN2O. The van der Waals surface area contributed by atoms with Crippen LogP contribution in [0.4, 0.5) is 0 Å². The molecule has 0 aromatic heterocycles. The van der Waals surface area contributed by atoms with E-state index in [2.05, 4.69) is 34.3 Å². The quantitative estimate of drug-likeness (QED) is 0.367. The van der Waals surface area contributed by atoms with Crippen LogP contribution < -0.4 is 16.0 Å². The molecule has 1 aromatic rings. The number of hydrogen-bond donors (Lipinski definition) is 2. The van der Waals surface area contributed by atoms with Crippen molar-refractivity contribution in [2.24, 2.45) is 5.84 Å². The molecule has 20 heavy (non-hydrogen) atoms. The fourth-order valence-electron chi connectivity index (χ4n) is 2.43. The Morgan fingerprint density at radius 3 is 2.55 bits per heavy atom. The fourth-order valence-corrected chi connectivity index (χ4v) is 2.81. The summed E-state index contributed by atoms with van der Waals surface area (Å²) < 4.78 is 6.48. The second-order valence-corrected chi connectivity index (χ2v) is 6.08. The molecule has 114 valence electrons. The van der Waals surface area contributed by atoms with Crippen molar-refractivity contribution >= 4 is 15.9 Å². The van der Waals surface area contributed by atoms with Gasteiger partial charge in [0.05, 0.1) is 7.11 Å². The molecule has 3 nitrogen and oxygen atoms in total. The molecule has 0 heterocycles. The Bertz CT molecular complexity index is 385. The number of hydrazine groups is 1. The summed E-state index contributed by atoms with van der Waals surface area (Å²) in [5.74, 6) is 6.61. The van der Waals surface area contributed by atoms with E-state index in [1.807, 2.05) is 12.1 Å². The molecule has 1 rings (SSSR count). The van der Waals surface area contributed by atoms with Crippen molar-refractivity contribution in [1.82, 2.24) is 5.43 Å². The molecule has 0 aliphatic carbocycles. The normalized spacial score (nSPS) is 12.4. The summed E-state index contributed by atoms with van der Waals surface area (Å²) in [6.45, 7) is 2.24. The van der Waals surface area contributed by atoms with Gasteiger partial charge in [0, 0.05) is 16.1 Å². The zero-order valence-electron chi connectivity index (χ0n) is 12.6. The Morgan fingerprint density at radius 1 is 1.20 bits per heavy atom. The van der Waals surface area contributed by atoms with Gasteiger partial charge in [-0.3, -0.25) is 11.3 Å². The molecule has 0 spiro atoms. The van der Waals surface area contributed by atoms with Crippen LogP contribution in [0, 0.1) is 0 Å². The number of unbranched alkanes of at least 4 members (excludes halogenated alkanes) is 5. The number of benzene rings is 1. The first-order chi connectivity index (χ1) is 9.72. The van der Waals surface area contributed by atoms with Crippen molar-refractivity contribution in [2.45, 2.75) is 57.9 Å². The molecule has 0 saturated heterocycles. The highest BCUT2D eigenvalue weighted by molar-refractivity contribution is 9.10. The van der Waals surface area contributed by atoms with Crippen LogP contribution in [0.5, 0.6) is 5.75 Å². The number of nitrogens with two attached hydrogens (primary N) is 1. The highest BCUT2D eigenvalue weighted by Crippen LogP contribution is 2.31. The third kappa shape index (κ3) is 5.81. The molecule has 3 N–H and O–H groups in total. The zero-order valence-corrected chi connectivity index (χ0v) is 14.2. The molecule has 0 radical (unpaired) electrons. The lowest BCUT2D eigenvalue weighted by Crippen LogP contribution is -2.28. The van der Waals surface area contributed by atoms with Crippen LogP contribution in [0.3, 0.4) is 0 Å². The van der Waals surface area contributed by atoms with Gasteiger partial charge in [-0.15, -0.1) is 0 Å². The Morgan fingerprint density at radius 2 is 1.90 bits per heavy atom. The molecule has 0 amide bonds. The molecule has 1 atom stereocenters. The smallest absolute Gasteiger partial charge is 0.123 e. The summed E-state index contributed by atoms with van der Waals surface area (Å²) in [4.78, 5) is 0. The van der Waals surface area contributed by atoms with Gasteiger partial charge < -0.3 is 4.74 Å². The van der Waals surface area contributed by atoms with Crippen molar-refractivity contribution in [2.75, 3.05) is 7.11 Å². The minimum Gasteiger partial charge on any atom is -0.496 e. The third-order valence-electron chi connectivity index (χ3n) is 3.61. The molecular weight excluding hydrogens is 316 g/mol. The molecule has 0 bridgehead atoms. The van der Waals surface area contributed by atoms with Gasteiger partial charge in [-0.1, -0.05) is 61.4 Å². The number of methoxy groups -OCH3 is 1. The number of hydrogen-bond acceptors (Lipinski definition) is 3. The van der Waals surface area contributed by atoms with Gasteiger partial charge in [-0.05, 0) is 24.6 Å². The van der Waals surface area contributed by atoms with E-state index in [0.717, 1.165) is 22.2 Å². The molecule has 4 heteroatoms. The number of ether oxygens (including phenoxy) is 1. The van der Waals surface area contributed by atoms with Gasteiger partial charge in [0.2, 0.25) is 0 Å². The van der Waals surface area contributed by atoms with Crippen LogP contribution in [-0.2, 0) is 0 Å². The average molecular weight is 343 g/mol. The lowest BCUT2D eigenvalue weighted by molar-refractivity contribution is 0.392. The summed E-state index contributed by atoms with van der Waals surface area (Å²) in [6.07, 6.45) is 8.80. The van der Waals surface area contributed by atoms with E-state index in [0.29, 0.717) is 0 Å². The molecule has 0 fully saturated rings. The molecule has 0 saturated carbocycles. The third-order valence-corrected chi connectivity index (χ3v) is 4.11. The van der Waals surface area contributed by atoms with Gasteiger partial charge in [-0.2, -0.15) is 0 Å².